The van der Waals surface area contributed by atoms with E-state index in [-0.39, 0.29) is 149 Å². The number of amides is 4. The molecule has 49 nitrogen and oxygen atoms in total. The topological polar surface area (TPSA) is 872 Å². The number of aromatic nitrogens is 2. The molecule has 0 saturated heterocycles. The molecule has 0 bridgehead atoms. The number of nitrogens with two attached hydrogens (primary N) is 8. The summed E-state index contributed by atoms with van der Waals surface area (Å²) < 4.78 is 5.15. The number of phenolic OH excluding ortho intramolecular Hbond substituents is 2. The van der Waals surface area contributed by atoms with E-state index in [2.05, 4.69) is 44.4 Å². The van der Waals surface area contributed by atoms with Crippen LogP contribution in [0.15, 0.2) is 78.1 Å². The van der Waals surface area contributed by atoms with Crippen molar-refractivity contribution in [2.45, 2.75) is 127 Å². The summed E-state index contributed by atoms with van der Waals surface area (Å²) >= 11 is 3.79. The number of thiol groups is 1. The van der Waals surface area contributed by atoms with E-state index in [4.69, 9.17) is 111 Å². The number of fused-ring (bicyclic) bond motifs is 1. The number of phenols is 2. The number of hydrogen-bond acceptors (Lipinski definition) is 37. The zero-order valence-corrected chi connectivity index (χ0v) is 75.2. The van der Waals surface area contributed by atoms with Gasteiger partial charge in [0.05, 0.1) is 58.7 Å². The number of H-pyrrole nitrogens is 1. The number of ether oxygens (including phenoxy) is 1. The molecule has 7 atom stereocenters. The summed E-state index contributed by atoms with van der Waals surface area (Å²) in [6.45, 7) is 2.20. The number of carboxylic acid groups (broad SMARTS) is 12. The van der Waals surface area contributed by atoms with Crippen LogP contribution in [0.3, 0.4) is 0 Å². The second kappa shape index (κ2) is 79.7. The van der Waals surface area contributed by atoms with Crippen LogP contribution < -0.4 is 61.9 Å². The number of carboxylic acids is 12. The number of aromatic hydroxyl groups is 2. The second-order valence-electron chi connectivity index (χ2n) is 25.2. The van der Waals surface area contributed by atoms with Gasteiger partial charge in [-0.2, -0.15) is 12.6 Å². The van der Waals surface area contributed by atoms with Gasteiger partial charge in [-0.1, -0.05) is 71.9 Å². The fourth-order valence-corrected chi connectivity index (χ4v) is 11.9. The Labute approximate surface area is 778 Å². The minimum Gasteiger partial charge on any atom is -0.508 e. The molecule has 0 aliphatic rings. The number of hydrogen-bond donors (Lipinski definition) is 28. The molecule has 128 heavy (non-hydrogen) atoms. The van der Waals surface area contributed by atoms with E-state index in [0.717, 1.165) is 48.5 Å². The van der Waals surface area contributed by atoms with Gasteiger partial charge in [-0.15, -0.1) is 0 Å². The Morgan fingerprint density at radius 2 is 0.930 bits per heavy atom. The van der Waals surface area contributed by atoms with E-state index in [1.165, 1.54) is 43.5 Å². The molecule has 0 radical (unpaired) electrons. The Kier molecular flexibility index (Phi) is 81.9. The van der Waals surface area contributed by atoms with Gasteiger partial charge in [-0.25, -0.2) is 15.4 Å². The van der Waals surface area contributed by atoms with E-state index in [1.54, 1.807) is 64.3 Å². The molecule has 0 aliphatic carbocycles. The standard InChI is InChI=1S/C19H37N5O9S2.C17H24N4O7S2.C11H12N2O3.C9H11NO3.C5H10N2O3.C4H8N2O3.C4H7NO4.C2H6S.CH4.2Fe/c1-2-34-35-10-6-21-15(25)11-23(12-16(26)27)7-8-24(13-17(28)29)22-19(32)33-9-4-3-5-14(20)18(30)31;22-13(18-5-8-29-30-14-3-1-2-4-19-14)9-20(10-15(23)24)6-7-21(11-16(25)26)12-17(27)28;12-9(11(15)16)3-6-5-13-10-4-7(14)1-2-8(6)10;10-8(9(12)13)5-6-1-3-7(11)4-2-6;6-3(5(9)10)1-2-4(7)8;2*5-2(4(8)9)1-3(6)7;1-2-3;;;/h14,19,22,32H,2-13,20H2,1H3,(H,21,25)(H,26,27)(H,28,29)(H,30,31);1-4H,5-12H2,(H,18,22)(H,23,24)(H,25,26)(H,27,28);1-2,4-5,9,13-14H,3,12H2,(H,15,16);1-4,8,11H,5,10H2,(H,12,13);3H,1-2,6H2,(H2,7,8)(H,9,10);2H,1,5H2,(H2,6,7)(H,8,9);2H,1,5H2,(H,6,7)(H,8,9);3H,2H2,1H3;1H4;;/q;;;;;;;;;2*+2/t14-,19?;;9-;8-;3-;2*2-;;;;/m0.00000..../s1. The predicted octanol–water partition coefficient (Wildman–Crippen LogP) is -3.00. The Hall–Kier alpha value is -9.48. The van der Waals surface area contributed by atoms with Crippen LogP contribution in [0.4, 0.5) is 0 Å². The average molecular weight is 2010 g/mol. The maximum atomic E-state index is 12.1. The summed E-state index contributed by atoms with van der Waals surface area (Å²) in [5.74, 6) is -12.2. The van der Waals surface area contributed by atoms with Crippen LogP contribution in [-0.2, 0) is 128 Å². The van der Waals surface area contributed by atoms with Crippen LogP contribution in [0.25, 0.3) is 10.9 Å². The van der Waals surface area contributed by atoms with Crippen molar-refractivity contribution in [3.63, 3.8) is 0 Å². The van der Waals surface area contributed by atoms with Crippen molar-refractivity contribution in [1.29, 1.82) is 0 Å². The van der Waals surface area contributed by atoms with Crippen LogP contribution in [0.1, 0.15) is 77.3 Å². The van der Waals surface area contributed by atoms with Gasteiger partial charge in [-0.3, -0.25) is 91.4 Å². The third-order valence-electron chi connectivity index (χ3n) is 14.4. The molecule has 0 aliphatic heterocycles. The number of pyridine rings is 1. The largest absolute Gasteiger partial charge is 2.00 e. The third-order valence-corrected chi connectivity index (χ3v) is 19.1. The third kappa shape index (κ3) is 78.7. The summed E-state index contributed by atoms with van der Waals surface area (Å²) in [6.07, 6.45) is 2.81. The number of unbranched alkanes of at least 4 members (excludes halogenated alkanes) is 1. The quantitative estimate of drug-likeness (QED) is 0.00523. The first-order chi connectivity index (χ1) is 58.5. The summed E-state index contributed by atoms with van der Waals surface area (Å²) in [5.41, 5.74) is 45.3. The molecule has 0 spiro atoms. The summed E-state index contributed by atoms with van der Waals surface area (Å²) in [7, 11) is 6.29. The van der Waals surface area contributed by atoms with Crippen molar-refractivity contribution < 1.29 is 192 Å². The smallest absolute Gasteiger partial charge is 0.508 e. The molecule has 726 valence electrons. The molecule has 56 heteroatoms. The summed E-state index contributed by atoms with van der Waals surface area (Å²) in [4.78, 5) is 182. The van der Waals surface area contributed by atoms with Crippen molar-refractivity contribution in [3.8, 4) is 11.5 Å². The number of carbonyl (C=O) groups excluding carboxylic acids is 4. The van der Waals surface area contributed by atoms with Gasteiger partial charge in [0.25, 0.3) is 0 Å². The first-order valence-corrected chi connectivity index (χ1v) is 42.4. The number of aliphatic carboxylic acids is 12. The van der Waals surface area contributed by atoms with Crippen LogP contribution in [0.2, 0.25) is 0 Å². The zero-order valence-electron chi connectivity index (χ0n) is 68.9. The van der Waals surface area contributed by atoms with Crippen molar-refractivity contribution in [3.05, 3.63) is 84.2 Å². The molecule has 0 saturated carbocycles. The maximum Gasteiger partial charge on any atom is 2.00 e. The summed E-state index contributed by atoms with van der Waals surface area (Å²) in [5, 5.41) is 140. The molecule has 0 fully saturated rings. The normalized spacial score (nSPS) is 11.9. The fraction of sp³-hybridized carbons (Fsp3) is 0.514. The first kappa shape index (κ1) is 132. The molecule has 2 aromatic carbocycles. The molecule has 4 aromatic rings. The number of rotatable bonds is 55. The van der Waals surface area contributed by atoms with Crippen molar-refractivity contribution in [2.75, 3.05) is 115 Å². The Bertz CT molecular complexity index is 3860. The van der Waals surface area contributed by atoms with E-state index < -0.39 is 165 Å². The number of aromatic amines is 1. The van der Waals surface area contributed by atoms with Crippen molar-refractivity contribution in [2.24, 2.45) is 45.9 Å². The minimum absolute atomic E-state index is 0. The summed E-state index contributed by atoms with van der Waals surface area (Å²) in [6, 6.07) is 10.6. The van der Waals surface area contributed by atoms with Gasteiger partial charge in [0.2, 0.25) is 30.0 Å². The molecule has 2 heterocycles. The Morgan fingerprint density at radius 1 is 0.500 bits per heavy atom. The second-order valence-corrected chi connectivity index (χ2v) is 31.2. The number of nitrogens with one attached hydrogen (secondary N) is 4. The van der Waals surface area contributed by atoms with E-state index >= 15 is 0 Å². The van der Waals surface area contributed by atoms with E-state index in [0.29, 0.717) is 37.4 Å². The monoisotopic (exact) mass is 2010 g/mol. The maximum absolute atomic E-state index is 12.1. The molecule has 4 rings (SSSR count). The van der Waals surface area contributed by atoms with Crippen molar-refractivity contribution >= 4 is 162 Å². The SMILES string of the molecule is C.CCS.CCSSCCNC(=O)CN(CCN(CC(=O)O)NC(O)OCCCC[C@H](N)C(=O)O)CC(=O)O.NC(=O)CC[C@H](N)C(=O)O.NC(=O)C[C@H](N)C(=O)O.N[C@@H](CC(=O)O)C(=O)O.N[C@@H](Cc1c[nH]c2cc(O)ccc12)C(=O)O.N[C@@H](Cc1ccc(O)cc1)C(=O)O.O=C(O)CN(CCN(CC(=O)O)CC(=O)NCCSSc1ccccn1)CC(=O)O.[Fe+2].[Fe+2]. The van der Waals surface area contributed by atoms with Crippen LogP contribution in [0, 0.1) is 0 Å². The van der Waals surface area contributed by atoms with Gasteiger partial charge in [0.1, 0.15) is 59.3 Å². The molecule has 4 amide bonds. The molecular weight excluding hydrogens is 1890 g/mol. The predicted molar refractivity (Wildman–Crippen MR) is 467 cm³/mol. The Balaban J connectivity index is -0.000000282. The number of primary amides is 2. The number of nitrogens with zero attached hydrogens (tertiary/aromatic N) is 5. The number of aliphatic hydroxyl groups is 1. The van der Waals surface area contributed by atoms with Gasteiger partial charge in [0, 0.05) is 98.7 Å². The van der Waals surface area contributed by atoms with Crippen LogP contribution >= 0.6 is 55.8 Å². The van der Waals surface area contributed by atoms with Gasteiger partial charge < -0.3 is 143 Å². The van der Waals surface area contributed by atoms with E-state index in [9.17, 15) is 86.9 Å². The molecule has 1 unspecified atom stereocenters. The van der Waals surface area contributed by atoms with Crippen LogP contribution in [0.5, 0.6) is 11.5 Å². The van der Waals surface area contributed by atoms with Gasteiger partial charge >= 0.3 is 106 Å². The van der Waals surface area contributed by atoms with Crippen molar-refractivity contribution in [1.82, 2.24) is 45.7 Å². The number of benzene rings is 2. The Morgan fingerprint density at radius 3 is 1.34 bits per heavy atom. The van der Waals surface area contributed by atoms with Gasteiger partial charge in [-0.05, 0) is 96.2 Å². The van der Waals surface area contributed by atoms with E-state index in [1.807, 2.05) is 32.0 Å². The number of aliphatic hydroxyl groups excluding tert-OH is 1. The number of carbonyl (C=O) groups is 16. The fourth-order valence-electron chi connectivity index (χ4n) is 8.55. The van der Waals surface area contributed by atoms with Gasteiger partial charge in [0.15, 0.2) is 0 Å². The minimum atomic E-state index is -1.54. The average Bonchev–Trinajstić information content (AvgIpc) is 1.68. The number of hydrazine groups is 1. The zero-order chi connectivity index (χ0) is 96.3. The molecule has 2 aromatic heterocycles. The first-order valence-electron chi connectivity index (χ1n) is 36.9. The molecular formula is C72H119Fe2N17O32S5+4. The van der Waals surface area contributed by atoms with Crippen LogP contribution in [-0.4, -0.2) is 359 Å². The molecule has 35 N–H and O–H groups in total.